The predicted octanol–water partition coefficient (Wildman–Crippen LogP) is 3.30. The molecule has 0 heterocycles. The summed E-state index contributed by atoms with van der Waals surface area (Å²) < 4.78 is 0. The predicted molar refractivity (Wildman–Crippen MR) is 56.5 cm³/mol. The molecule has 1 unspecified atom stereocenters. The Kier molecular flexibility index (Phi) is 5.56. The highest BCUT2D eigenvalue weighted by Crippen LogP contribution is 2.24. The zero-order chi connectivity index (χ0) is 9.61. The van der Waals surface area contributed by atoms with Gasteiger partial charge >= 0.3 is 0 Å². The first-order valence-corrected chi connectivity index (χ1v) is 5.24. The average Bonchev–Trinajstić information content (AvgIpc) is 2.01. The topological polar surface area (TPSA) is 3.24 Å². The number of rotatable bonds is 6. The van der Waals surface area contributed by atoms with Crippen molar-refractivity contribution in [2.24, 2.45) is 0 Å². The van der Waals surface area contributed by atoms with E-state index in [1.807, 2.05) is 0 Å². The van der Waals surface area contributed by atoms with Crippen molar-refractivity contribution in [1.29, 1.82) is 0 Å². The summed E-state index contributed by atoms with van der Waals surface area (Å²) >= 11 is 0. The van der Waals surface area contributed by atoms with E-state index in [0.29, 0.717) is 5.54 Å². The minimum atomic E-state index is 0.435. The maximum atomic E-state index is 2.38. The van der Waals surface area contributed by atoms with Gasteiger partial charge in [0.1, 0.15) is 0 Å². The van der Waals surface area contributed by atoms with E-state index in [2.05, 4.69) is 39.8 Å². The van der Waals surface area contributed by atoms with Crippen LogP contribution in [0.25, 0.3) is 0 Å². The number of unbranched alkanes of at least 4 members (excludes halogenated alkanes) is 1. The molecule has 12 heavy (non-hydrogen) atoms. The molecule has 0 aliphatic heterocycles. The molecule has 1 atom stereocenters. The molecule has 0 aromatic heterocycles. The van der Waals surface area contributed by atoms with Crippen LogP contribution >= 0.6 is 0 Å². The Morgan fingerprint density at radius 1 is 1.00 bits per heavy atom. The summed E-state index contributed by atoms with van der Waals surface area (Å²) in [5.41, 5.74) is 0.435. The molecule has 0 saturated carbocycles. The molecule has 0 aromatic carbocycles. The third-order valence-corrected chi connectivity index (χ3v) is 2.94. The Labute approximate surface area is 78.1 Å². The van der Waals surface area contributed by atoms with Gasteiger partial charge in [0.2, 0.25) is 0 Å². The summed E-state index contributed by atoms with van der Waals surface area (Å²) in [6.07, 6.45) is 6.62. The fourth-order valence-corrected chi connectivity index (χ4v) is 1.67. The molecule has 0 saturated heterocycles. The molecule has 0 aliphatic carbocycles. The van der Waals surface area contributed by atoms with Crippen molar-refractivity contribution in [1.82, 2.24) is 4.90 Å². The zero-order valence-electron chi connectivity index (χ0n) is 9.48. The lowest BCUT2D eigenvalue weighted by atomic mass is 9.89. The molecule has 74 valence electrons. The molecular weight excluding hydrogens is 146 g/mol. The molecule has 0 aliphatic rings. The van der Waals surface area contributed by atoms with E-state index in [0.717, 1.165) is 0 Å². The SMILES string of the molecule is CCCCC(C)(CCC)N(C)C. The van der Waals surface area contributed by atoms with Crippen molar-refractivity contribution in [2.75, 3.05) is 14.1 Å². The molecule has 0 bridgehead atoms. The minimum Gasteiger partial charge on any atom is -0.304 e. The van der Waals surface area contributed by atoms with Crippen LogP contribution in [0, 0.1) is 0 Å². The first kappa shape index (κ1) is 12.0. The molecule has 0 fully saturated rings. The van der Waals surface area contributed by atoms with E-state index in [-0.39, 0.29) is 0 Å². The summed E-state index contributed by atoms with van der Waals surface area (Å²) in [5, 5.41) is 0. The van der Waals surface area contributed by atoms with E-state index < -0.39 is 0 Å². The first-order valence-electron chi connectivity index (χ1n) is 5.24. The van der Waals surface area contributed by atoms with Crippen LogP contribution in [0.15, 0.2) is 0 Å². The second kappa shape index (κ2) is 5.58. The summed E-state index contributed by atoms with van der Waals surface area (Å²) in [5.74, 6) is 0. The highest BCUT2D eigenvalue weighted by atomic mass is 15.1. The van der Waals surface area contributed by atoms with E-state index in [4.69, 9.17) is 0 Å². The molecule has 0 N–H and O–H groups in total. The van der Waals surface area contributed by atoms with Gasteiger partial charge in [0.05, 0.1) is 0 Å². The van der Waals surface area contributed by atoms with E-state index in [1.165, 1.54) is 32.1 Å². The first-order chi connectivity index (χ1) is 5.56. The number of nitrogens with zero attached hydrogens (tertiary/aromatic N) is 1. The van der Waals surface area contributed by atoms with Crippen LogP contribution < -0.4 is 0 Å². The summed E-state index contributed by atoms with van der Waals surface area (Å²) in [4.78, 5) is 2.38. The lowest BCUT2D eigenvalue weighted by Gasteiger charge is -2.36. The third kappa shape index (κ3) is 3.57. The van der Waals surface area contributed by atoms with Crippen molar-refractivity contribution < 1.29 is 0 Å². The van der Waals surface area contributed by atoms with Gasteiger partial charge in [0, 0.05) is 5.54 Å². The van der Waals surface area contributed by atoms with Crippen LogP contribution in [0.4, 0.5) is 0 Å². The maximum Gasteiger partial charge on any atom is 0.0175 e. The lowest BCUT2D eigenvalue weighted by Crippen LogP contribution is -2.41. The van der Waals surface area contributed by atoms with Crippen molar-refractivity contribution in [2.45, 2.75) is 58.4 Å². The third-order valence-electron chi connectivity index (χ3n) is 2.94. The molecule has 0 aromatic rings. The van der Waals surface area contributed by atoms with Crippen molar-refractivity contribution in [3.8, 4) is 0 Å². The normalized spacial score (nSPS) is 16.5. The van der Waals surface area contributed by atoms with Gasteiger partial charge in [-0.05, 0) is 33.9 Å². The average molecular weight is 171 g/mol. The molecule has 0 rings (SSSR count). The monoisotopic (exact) mass is 171 g/mol. The van der Waals surface area contributed by atoms with Gasteiger partial charge in [-0.1, -0.05) is 33.1 Å². The van der Waals surface area contributed by atoms with Crippen LogP contribution in [-0.2, 0) is 0 Å². The van der Waals surface area contributed by atoms with E-state index in [1.54, 1.807) is 0 Å². The van der Waals surface area contributed by atoms with Gasteiger partial charge in [0.15, 0.2) is 0 Å². The fourth-order valence-electron chi connectivity index (χ4n) is 1.67. The highest BCUT2D eigenvalue weighted by molar-refractivity contribution is 4.81. The Bertz CT molecular complexity index is 110. The van der Waals surface area contributed by atoms with Gasteiger partial charge in [0.25, 0.3) is 0 Å². The molecule has 0 radical (unpaired) electrons. The highest BCUT2D eigenvalue weighted by Gasteiger charge is 2.24. The van der Waals surface area contributed by atoms with Crippen LogP contribution in [-0.4, -0.2) is 24.5 Å². The fraction of sp³-hybridized carbons (Fsp3) is 1.00. The maximum absolute atomic E-state index is 2.38. The standard InChI is InChI=1S/C11H25N/c1-6-8-10-11(3,9-7-2)12(4)5/h6-10H2,1-5H3. The number of hydrogen-bond acceptors (Lipinski definition) is 1. The second-order valence-corrected chi connectivity index (χ2v) is 4.24. The van der Waals surface area contributed by atoms with Crippen LogP contribution in [0.5, 0.6) is 0 Å². The van der Waals surface area contributed by atoms with Crippen molar-refractivity contribution in [3.63, 3.8) is 0 Å². The second-order valence-electron chi connectivity index (χ2n) is 4.24. The van der Waals surface area contributed by atoms with E-state index in [9.17, 15) is 0 Å². The van der Waals surface area contributed by atoms with Gasteiger partial charge < -0.3 is 4.90 Å². The van der Waals surface area contributed by atoms with Crippen LogP contribution in [0.1, 0.15) is 52.9 Å². The minimum absolute atomic E-state index is 0.435. The Hall–Kier alpha value is -0.0400. The molecule has 1 heteroatoms. The van der Waals surface area contributed by atoms with Gasteiger partial charge in [-0.3, -0.25) is 0 Å². The van der Waals surface area contributed by atoms with E-state index >= 15 is 0 Å². The zero-order valence-corrected chi connectivity index (χ0v) is 9.48. The lowest BCUT2D eigenvalue weighted by molar-refractivity contribution is 0.143. The summed E-state index contributed by atoms with van der Waals surface area (Å²) in [6.45, 7) is 6.92. The Morgan fingerprint density at radius 2 is 1.58 bits per heavy atom. The van der Waals surface area contributed by atoms with Gasteiger partial charge in [-0.25, -0.2) is 0 Å². The van der Waals surface area contributed by atoms with Crippen molar-refractivity contribution >= 4 is 0 Å². The van der Waals surface area contributed by atoms with Crippen LogP contribution in [0.3, 0.4) is 0 Å². The quantitative estimate of drug-likeness (QED) is 0.592. The number of hydrogen-bond donors (Lipinski definition) is 0. The summed E-state index contributed by atoms with van der Waals surface area (Å²) in [7, 11) is 4.40. The Morgan fingerprint density at radius 3 is 1.92 bits per heavy atom. The molecule has 0 spiro atoms. The van der Waals surface area contributed by atoms with Gasteiger partial charge in [-0.15, -0.1) is 0 Å². The molecule has 0 amide bonds. The summed E-state index contributed by atoms with van der Waals surface area (Å²) in [6, 6.07) is 0. The van der Waals surface area contributed by atoms with Crippen LogP contribution in [0.2, 0.25) is 0 Å². The largest absolute Gasteiger partial charge is 0.304 e. The molecule has 1 nitrogen and oxygen atoms in total. The smallest absolute Gasteiger partial charge is 0.0175 e. The molecular formula is C11H25N. The van der Waals surface area contributed by atoms with Gasteiger partial charge in [-0.2, -0.15) is 0 Å². The van der Waals surface area contributed by atoms with Crippen molar-refractivity contribution in [3.05, 3.63) is 0 Å². The Balaban J connectivity index is 3.99.